The molecule has 3 rings (SSSR count). The molecular formula is C31H44N8O9. The molecule has 17 nitrogen and oxygen atoms in total. The molecule has 1 fully saturated rings. The van der Waals surface area contributed by atoms with E-state index in [-0.39, 0.29) is 37.5 Å². The SMILES string of the molecule is CC(C)[C@H](N)C(=O)N[C@H](C(=O)N[C@@H](Cc1c[nH]cn1)C(=O)N1CCC[C@H]1C(=O)NCC(=O)N[C@@H](Cc1ccc(O)cc1)C(=O)O)[C@@H](C)O. The molecular weight excluding hydrogens is 628 g/mol. The topological polar surface area (TPSA) is 269 Å². The quantitative estimate of drug-likeness (QED) is 0.0933. The van der Waals surface area contributed by atoms with Gasteiger partial charge in [-0.3, -0.25) is 24.0 Å². The van der Waals surface area contributed by atoms with E-state index in [9.17, 15) is 44.1 Å². The lowest BCUT2D eigenvalue weighted by molar-refractivity contribution is -0.143. The van der Waals surface area contributed by atoms with E-state index in [4.69, 9.17) is 5.73 Å². The predicted molar refractivity (Wildman–Crippen MR) is 170 cm³/mol. The molecule has 6 atom stereocenters. The lowest BCUT2D eigenvalue weighted by Crippen LogP contribution is -2.61. The number of amides is 5. The highest BCUT2D eigenvalue weighted by Gasteiger charge is 2.39. The number of aliphatic hydroxyl groups excluding tert-OH is 1. The Morgan fingerprint density at radius 2 is 1.69 bits per heavy atom. The van der Waals surface area contributed by atoms with Crippen LogP contribution in [0.4, 0.5) is 0 Å². The number of H-pyrrole nitrogens is 1. The molecule has 48 heavy (non-hydrogen) atoms. The van der Waals surface area contributed by atoms with Crippen LogP contribution in [0.2, 0.25) is 0 Å². The number of aliphatic hydroxyl groups is 1. The highest BCUT2D eigenvalue weighted by atomic mass is 16.4. The van der Waals surface area contributed by atoms with Crippen molar-refractivity contribution in [1.29, 1.82) is 0 Å². The first-order valence-corrected chi connectivity index (χ1v) is 15.6. The number of hydrogen-bond acceptors (Lipinski definition) is 10. The summed E-state index contributed by atoms with van der Waals surface area (Å²) in [5.41, 5.74) is 6.88. The molecule has 1 aliphatic heterocycles. The second kappa shape index (κ2) is 17.2. The first kappa shape index (κ1) is 37.4. The normalized spacial score (nSPS) is 17.5. The van der Waals surface area contributed by atoms with Crippen molar-refractivity contribution < 1.29 is 44.1 Å². The van der Waals surface area contributed by atoms with Crippen LogP contribution in [0.25, 0.3) is 0 Å². The highest BCUT2D eigenvalue weighted by molar-refractivity contribution is 5.96. The van der Waals surface area contributed by atoms with Crippen molar-refractivity contribution in [3.63, 3.8) is 0 Å². The molecule has 0 aliphatic carbocycles. The van der Waals surface area contributed by atoms with Gasteiger partial charge in [-0.2, -0.15) is 0 Å². The number of nitrogens with zero attached hydrogens (tertiary/aromatic N) is 2. The van der Waals surface area contributed by atoms with Crippen molar-refractivity contribution in [3.05, 3.63) is 48.0 Å². The molecule has 1 aromatic heterocycles. The first-order chi connectivity index (χ1) is 22.7. The molecule has 10 N–H and O–H groups in total. The number of carbonyl (C=O) groups excluding carboxylic acids is 5. The van der Waals surface area contributed by atoms with Crippen molar-refractivity contribution in [2.75, 3.05) is 13.1 Å². The number of aliphatic carboxylic acids is 1. The maximum Gasteiger partial charge on any atom is 0.326 e. The number of aromatic hydroxyl groups is 1. The van der Waals surface area contributed by atoms with Gasteiger partial charge in [0, 0.05) is 25.6 Å². The van der Waals surface area contributed by atoms with E-state index in [2.05, 4.69) is 31.2 Å². The molecule has 2 aromatic rings. The fourth-order valence-electron chi connectivity index (χ4n) is 5.13. The summed E-state index contributed by atoms with van der Waals surface area (Å²) in [6, 6.07) is -0.0848. The molecule has 0 radical (unpaired) electrons. The van der Waals surface area contributed by atoms with Crippen LogP contribution in [0.1, 0.15) is 44.9 Å². The Hall–Kier alpha value is -5.03. The largest absolute Gasteiger partial charge is 0.508 e. The summed E-state index contributed by atoms with van der Waals surface area (Å²) in [7, 11) is 0. The number of aromatic nitrogens is 2. The van der Waals surface area contributed by atoms with E-state index in [1.165, 1.54) is 48.6 Å². The summed E-state index contributed by atoms with van der Waals surface area (Å²) in [6.45, 7) is 4.37. The number of likely N-dealkylation sites (tertiary alicyclic amines) is 1. The zero-order chi connectivity index (χ0) is 35.5. The van der Waals surface area contributed by atoms with Gasteiger partial charge in [-0.15, -0.1) is 0 Å². The fraction of sp³-hybridized carbons (Fsp3) is 0.516. The van der Waals surface area contributed by atoms with E-state index in [0.29, 0.717) is 17.7 Å². The average molecular weight is 673 g/mol. The van der Waals surface area contributed by atoms with Gasteiger partial charge < -0.3 is 52.2 Å². The first-order valence-electron chi connectivity index (χ1n) is 15.6. The number of imidazole rings is 1. The Kier molecular flexibility index (Phi) is 13.4. The van der Waals surface area contributed by atoms with Gasteiger partial charge in [0.2, 0.25) is 29.5 Å². The van der Waals surface area contributed by atoms with Crippen molar-refractivity contribution in [2.45, 2.75) is 82.8 Å². The zero-order valence-corrected chi connectivity index (χ0v) is 27.0. The zero-order valence-electron chi connectivity index (χ0n) is 27.0. The van der Waals surface area contributed by atoms with Gasteiger partial charge in [-0.05, 0) is 43.4 Å². The predicted octanol–water partition coefficient (Wildman–Crippen LogP) is -2.09. The number of carboxylic acids is 1. The molecule has 1 saturated heterocycles. The minimum absolute atomic E-state index is 0.00593. The Balaban J connectivity index is 1.67. The Morgan fingerprint density at radius 3 is 2.27 bits per heavy atom. The van der Waals surface area contributed by atoms with Crippen LogP contribution in [0.3, 0.4) is 0 Å². The van der Waals surface area contributed by atoms with Crippen LogP contribution in [-0.2, 0) is 41.6 Å². The number of benzene rings is 1. The molecule has 0 saturated carbocycles. The number of phenolic OH excluding ortho intramolecular Hbond substituents is 1. The van der Waals surface area contributed by atoms with Gasteiger partial charge >= 0.3 is 5.97 Å². The highest BCUT2D eigenvalue weighted by Crippen LogP contribution is 2.20. The number of rotatable bonds is 16. The van der Waals surface area contributed by atoms with E-state index < -0.39 is 78.4 Å². The summed E-state index contributed by atoms with van der Waals surface area (Å²) < 4.78 is 0. The minimum Gasteiger partial charge on any atom is -0.508 e. The van der Waals surface area contributed by atoms with Crippen LogP contribution in [0.5, 0.6) is 5.75 Å². The minimum atomic E-state index is -1.43. The van der Waals surface area contributed by atoms with Gasteiger partial charge in [0.05, 0.1) is 30.7 Å². The summed E-state index contributed by atoms with van der Waals surface area (Å²) in [5.74, 6) is -5.07. The number of nitrogens with one attached hydrogen (secondary N) is 5. The molecule has 17 heteroatoms. The molecule has 1 aromatic carbocycles. The van der Waals surface area contributed by atoms with Crippen LogP contribution < -0.4 is 27.0 Å². The smallest absolute Gasteiger partial charge is 0.326 e. The van der Waals surface area contributed by atoms with Crippen molar-refractivity contribution in [1.82, 2.24) is 36.1 Å². The van der Waals surface area contributed by atoms with Gasteiger partial charge in [-0.1, -0.05) is 26.0 Å². The molecule has 0 spiro atoms. The molecule has 5 amide bonds. The van der Waals surface area contributed by atoms with Gasteiger partial charge in [-0.25, -0.2) is 9.78 Å². The van der Waals surface area contributed by atoms with Crippen molar-refractivity contribution >= 4 is 35.5 Å². The Bertz CT molecular complexity index is 1430. The lowest BCUT2D eigenvalue weighted by atomic mass is 10.0. The van der Waals surface area contributed by atoms with Gasteiger partial charge in [0.1, 0.15) is 29.9 Å². The lowest BCUT2D eigenvalue weighted by Gasteiger charge is -2.30. The van der Waals surface area contributed by atoms with E-state index >= 15 is 0 Å². The maximum absolute atomic E-state index is 13.9. The van der Waals surface area contributed by atoms with Crippen molar-refractivity contribution in [2.24, 2.45) is 11.7 Å². The average Bonchev–Trinajstić information content (AvgIpc) is 3.74. The molecule has 2 heterocycles. The van der Waals surface area contributed by atoms with Crippen molar-refractivity contribution in [3.8, 4) is 5.75 Å². The van der Waals surface area contributed by atoms with Crippen LogP contribution in [0, 0.1) is 5.92 Å². The van der Waals surface area contributed by atoms with E-state index in [1.54, 1.807) is 13.8 Å². The Morgan fingerprint density at radius 1 is 1.00 bits per heavy atom. The fourth-order valence-corrected chi connectivity index (χ4v) is 5.13. The third-order valence-electron chi connectivity index (χ3n) is 7.94. The number of carboxylic acid groups (broad SMARTS) is 1. The van der Waals surface area contributed by atoms with Crippen LogP contribution in [0.15, 0.2) is 36.8 Å². The maximum atomic E-state index is 13.9. The summed E-state index contributed by atoms with van der Waals surface area (Å²) in [6.07, 6.45) is 2.15. The summed E-state index contributed by atoms with van der Waals surface area (Å²) in [4.78, 5) is 85.4. The third kappa shape index (κ3) is 10.5. The van der Waals surface area contributed by atoms with Gasteiger partial charge in [0.15, 0.2) is 0 Å². The van der Waals surface area contributed by atoms with Gasteiger partial charge in [0.25, 0.3) is 0 Å². The molecule has 0 unspecified atom stereocenters. The second-order valence-corrected chi connectivity index (χ2v) is 12.1. The number of nitrogens with two attached hydrogens (primary N) is 1. The molecule has 262 valence electrons. The number of hydrogen-bond donors (Lipinski definition) is 9. The second-order valence-electron chi connectivity index (χ2n) is 12.1. The van der Waals surface area contributed by atoms with Crippen LogP contribution in [-0.4, -0.2) is 115 Å². The summed E-state index contributed by atoms with van der Waals surface area (Å²) in [5, 5.41) is 39.2. The number of carbonyl (C=O) groups is 6. The summed E-state index contributed by atoms with van der Waals surface area (Å²) >= 11 is 0. The number of phenols is 1. The standard InChI is InChI=1S/C31H44N8O9/c1-16(2)25(32)28(44)38-26(17(3)40)29(45)37-21(12-19-13-33-15-35-19)30(46)39-10-4-5-23(39)27(43)34-14-24(42)36-22(31(47)48)11-18-6-8-20(41)9-7-18/h6-9,13,15-17,21-23,25-26,40-41H,4-5,10-12,14,32H2,1-3H3,(H,33,35)(H,34,43)(H,36,42)(H,37,45)(H,38,44)(H,47,48)/t17-,21+,22+,23+,25+,26+/m1/s1. The number of aromatic amines is 1. The van der Waals surface area contributed by atoms with Crippen LogP contribution >= 0.6 is 0 Å². The third-order valence-corrected chi connectivity index (χ3v) is 7.94. The molecule has 1 aliphatic rings. The monoisotopic (exact) mass is 672 g/mol. The molecule has 0 bridgehead atoms. The van der Waals surface area contributed by atoms with E-state index in [0.717, 1.165) is 0 Å². The van der Waals surface area contributed by atoms with E-state index in [1.807, 2.05) is 0 Å². The Labute approximate surface area is 277 Å².